The zero-order chi connectivity index (χ0) is 25.1. The molecule has 2 aromatic heterocycles. The molecule has 1 aromatic carbocycles. The first-order valence-corrected chi connectivity index (χ1v) is 13.7. The van der Waals surface area contributed by atoms with Crippen LogP contribution in [0.3, 0.4) is 0 Å². The largest absolute Gasteiger partial charge is 0.357 e. The predicted octanol–water partition coefficient (Wildman–Crippen LogP) is 7.47. The second-order valence-electron chi connectivity index (χ2n) is 10.7. The highest BCUT2D eigenvalue weighted by molar-refractivity contribution is 5.59. The van der Waals surface area contributed by atoms with Gasteiger partial charge in [-0.15, -0.1) is 0 Å². The number of rotatable bonds is 8. The van der Waals surface area contributed by atoms with Crippen LogP contribution in [0.2, 0.25) is 0 Å². The quantitative estimate of drug-likeness (QED) is 0.330. The molecule has 4 atom stereocenters. The van der Waals surface area contributed by atoms with E-state index in [9.17, 15) is 0 Å². The Morgan fingerprint density at radius 2 is 1.72 bits per heavy atom. The van der Waals surface area contributed by atoms with E-state index in [1.807, 2.05) is 12.1 Å². The molecule has 0 bridgehead atoms. The average molecular weight is 489 g/mol. The van der Waals surface area contributed by atoms with Gasteiger partial charge in [0, 0.05) is 29.5 Å². The van der Waals surface area contributed by atoms with Crippen LogP contribution in [0.5, 0.6) is 0 Å². The van der Waals surface area contributed by atoms with E-state index in [0.717, 1.165) is 62.1 Å². The second kappa shape index (κ2) is 11.1. The highest BCUT2D eigenvalue weighted by Gasteiger charge is 2.30. The number of benzene rings is 1. The van der Waals surface area contributed by atoms with E-state index in [1.54, 1.807) is 0 Å². The van der Waals surface area contributed by atoms with Gasteiger partial charge in [0.15, 0.2) is 6.23 Å². The molecule has 4 heterocycles. The molecule has 0 aliphatic carbocycles. The molecule has 2 aliphatic rings. The van der Waals surface area contributed by atoms with Crippen LogP contribution >= 0.6 is 0 Å². The molecule has 4 unspecified atom stereocenters. The summed E-state index contributed by atoms with van der Waals surface area (Å²) < 4.78 is 17.1. The van der Waals surface area contributed by atoms with Crippen molar-refractivity contribution in [2.45, 2.75) is 96.1 Å². The highest BCUT2D eigenvalue weighted by atomic mass is 16.5. The molecular weight excluding hydrogens is 448 g/mol. The van der Waals surface area contributed by atoms with Gasteiger partial charge in [-0.05, 0) is 69.1 Å². The predicted molar refractivity (Wildman–Crippen MR) is 144 cm³/mol. The molecule has 2 aliphatic heterocycles. The van der Waals surface area contributed by atoms with Crippen LogP contribution < -0.4 is 0 Å². The van der Waals surface area contributed by atoms with Gasteiger partial charge in [-0.25, -0.2) is 9.36 Å². The van der Waals surface area contributed by atoms with Crippen molar-refractivity contribution in [2.24, 2.45) is 0 Å². The van der Waals surface area contributed by atoms with Crippen molar-refractivity contribution in [1.82, 2.24) is 19.6 Å². The summed E-state index contributed by atoms with van der Waals surface area (Å²) in [5.74, 6) is 0.683. The molecule has 0 radical (unpaired) electrons. The van der Waals surface area contributed by atoms with E-state index in [2.05, 4.69) is 73.1 Å². The summed E-state index contributed by atoms with van der Waals surface area (Å²) in [4.78, 5) is 0. The molecule has 0 amide bonds. The normalized spacial score (nSPS) is 23.6. The molecule has 0 spiro atoms. The molecule has 2 fully saturated rings. The van der Waals surface area contributed by atoms with Crippen molar-refractivity contribution < 1.29 is 9.47 Å². The van der Waals surface area contributed by atoms with Gasteiger partial charge in [0.2, 0.25) is 0 Å². The Bertz CT molecular complexity index is 1140. The molecule has 5 rings (SSSR count). The lowest BCUT2D eigenvalue weighted by Crippen LogP contribution is -2.29. The summed E-state index contributed by atoms with van der Waals surface area (Å²) >= 11 is 0. The summed E-state index contributed by atoms with van der Waals surface area (Å²) in [6.45, 7) is 11.5. The fourth-order valence-electron chi connectivity index (χ4n) is 5.61. The lowest BCUT2D eigenvalue weighted by Gasteiger charge is -2.33. The Morgan fingerprint density at radius 3 is 2.44 bits per heavy atom. The third-order valence-corrected chi connectivity index (χ3v) is 7.57. The maximum atomic E-state index is 6.74. The first-order valence-electron chi connectivity index (χ1n) is 13.7. The van der Waals surface area contributed by atoms with Crippen LogP contribution in [-0.4, -0.2) is 32.3 Å². The standard InChI is InChI=1S/C30H40N4O2/c1-5-24-19-28(34(31-24)29-15-9-10-17-35-29)22(4)18-25-14-11-16-30(36-25)33-27(21(2)3)20-26(32-33)23-12-7-6-8-13-23/h5-8,12-13,19-22,25,29-30H,1,9-11,14-18H2,2-4H3. The molecule has 192 valence electrons. The number of ether oxygens (including phenoxy) is 2. The van der Waals surface area contributed by atoms with E-state index in [-0.39, 0.29) is 18.6 Å². The lowest BCUT2D eigenvalue weighted by molar-refractivity contribution is -0.101. The minimum absolute atomic E-state index is 0.0267. The molecule has 0 N–H and O–H groups in total. The van der Waals surface area contributed by atoms with Crippen molar-refractivity contribution >= 4 is 6.08 Å². The number of hydrogen-bond donors (Lipinski definition) is 0. The summed E-state index contributed by atoms with van der Waals surface area (Å²) in [6.07, 6.45) is 9.51. The first kappa shape index (κ1) is 25.0. The third-order valence-electron chi connectivity index (χ3n) is 7.57. The van der Waals surface area contributed by atoms with E-state index in [0.29, 0.717) is 11.8 Å². The van der Waals surface area contributed by atoms with Gasteiger partial charge in [-0.2, -0.15) is 10.2 Å². The summed E-state index contributed by atoms with van der Waals surface area (Å²) in [5, 5.41) is 9.85. The van der Waals surface area contributed by atoms with Gasteiger partial charge in [0.05, 0.1) is 17.5 Å². The van der Waals surface area contributed by atoms with Crippen molar-refractivity contribution in [1.29, 1.82) is 0 Å². The van der Waals surface area contributed by atoms with Crippen molar-refractivity contribution in [3.05, 3.63) is 66.1 Å². The minimum Gasteiger partial charge on any atom is -0.357 e. The van der Waals surface area contributed by atoms with Gasteiger partial charge in [-0.3, -0.25) is 0 Å². The summed E-state index contributed by atoms with van der Waals surface area (Å²) in [5.41, 5.74) is 5.54. The molecule has 6 nitrogen and oxygen atoms in total. The van der Waals surface area contributed by atoms with Crippen LogP contribution in [0.15, 0.2) is 49.0 Å². The lowest BCUT2D eigenvalue weighted by atomic mass is 9.94. The van der Waals surface area contributed by atoms with E-state index in [4.69, 9.17) is 19.7 Å². The van der Waals surface area contributed by atoms with E-state index < -0.39 is 0 Å². The van der Waals surface area contributed by atoms with Gasteiger partial charge < -0.3 is 9.47 Å². The summed E-state index contributed by atoms with van der Waals surface area (Å²) in [7, 11) is 0. The van der Waals surface area contributed by atoms with Crippen LogP contribution in [0, 0.1) is 0 Å². The molecule has 2 saturated heterocycles. The molecule has 0 saturated carbocycles. The Hall–Kier alpha value is -2.70. The van der Waals surface area contributed by atoms with E-state index in [1.165, 1.54) is 17.8 Å². The molecule has 3 aromatic rings. The fourth-order valence-corrected chi connectivity index (χ4v) is 5.61. The monoisotopic (exact) mass is 488 g/mol. The maximum absolute atomic E-state index is 6.74. The number of hydrogen-bond acceptors (Lipinski definition) is 4. The Labute approximate surface area is 215 Å². The Kier molecular flexibility index (Phi) is 7.73. The average Bonchev–Trinajstić information content (AvgIpc) is 3.56. The van der Waals surface area contributed by atoms with Gasteiger partial charge in [0.1, 0.15) is 6.23 Å². The van der Waals surface area contributed by atoms with Crippen LogP contribution in [-0.2, 0) is 9.47 Å². The number of aromatic nitrogens is 4. The zero-order valence-corrected chi connectivity index (χ0v) is 22.0. The Morgan fingerprint density at radius 1 is 0.944 bits per heavy atom. The minimum atomic E-state index is -0.0267. The van der Waals surface area contributed by atoms with Gasteiger partial charge in [-0.1, -0.05) is 57.7 Å². The molecule has 36 heavy (non-hydrogen) atoms. The maximum Gasteiger partial charge on any atom is 0.150 e. The van der Waals surface area contributed by atoms with Gasteiger partial charge in [0.25, 0.3) is 0 Å². The molecular formula is C30H40N4O2. The van der Waals surface area contributed by atoms with E-state index >= 15 is 0 Å². The SMILES string of the molecule is C=Cc1cc(C(C)CC2CCCC(n3nc(-c4ccccc4)cc3C(C)C)O2)n(C2CCCCO2)n1. The van der Waals surface area contributed by atoms with Crippen molar-refractivity contribution in [2.75, 3.05) is 6.61 Å². The fraction of sp³-hybridized carbons (Fsp3) is 0.533. The smallest absolute Gasteiger partial charge is 0.150 e. The Balaban J connectivity index is 1.33. The van der Waals surface area contributed by atoms with Crippen molar-refractivity contribution in [3.63, 3.8) is 0 Å². The molecule has 6 heteroatoms. The third kappa shape index (κ3) is 5.35. The summed E-state index contributed by atoms with van der Waals surface area (Å²) in [6, 6.07) is 14.8. The first-order chi connectivity index (χ1) is 17.5. The van der Waals surface area contributed by atoms with Crippen LogP contribution in [0.1, 0.15) is 107 Å². The zero-order valence-electron chi connectivity index (χ0n) is 22.0. The second-order valence-corrected chi connectivity index (χ2v) is 10.7. The topological polar surface area (TPSA) is 54.1 Å². The van der Waals surface area contributed by atoms with Crippen LogP contribution in [0.4, 0.5) is 0 Å². The number of nitrogens with zero attached hydrogens (tertiary/aromatic N) is 4. The highest BCUT2D eigenvalue weighted by Crippen LogP contribution is 2.36. The van der Waals surface area contributed by atoms with Crippen molar-refractivity contribution in [3.8, 4) is 11.3 Å². The van der Waals surface area contributed by atoms with Crippen LogP contribution in [0.25, 0.3) is 17.3 Å². The van der Waals surface area contributed by atoms with Gasteiger partial charge >= 0.3 is 0 Å².